The first-order valence-corrected chi connectivity index (χ1v) is 8.75. The molecule has 1 aromatic rings. The van der Waals surface area contributed by atoms with Crippen molar-refractivity contribution in [3.63, 3.8) is 0 Å². The van der Waals surface area contributed by atoms with E-state index in [-0.39, 0.29) is 11.3 Å². The maximum Gasteiger partial charge on any atom is 0.235 e. The van der Waals surface area contributed by atoms with Gasteiger partial charge in [0, 0.05) is 23.2 Å². The van der Waals surface area contributed by atoms with Gasteiger partial charge in [0.2, 0.25) is 11.8 Å². The van der Waals surface area contributed by atoms with Crippen LogP contribution in [0.5, 0.6) is 0 Å². The quantitative estimate of drug-likeness (QED) is 0.836. The molecule has 0 radical (unpaired) electrons. The van der Waals surface area contributed by atoms with E-state index in [9.17, 15) is 9.59 Å². The summed E-state index contributed by atoms with van der Waals surface area (Å²) in [5, 5.41) is 3.02. The second kappa shape index (κ2) is 3.94. The number of fused-ring (bicyclic) bond motifs is 3. The number of carbonyl (C=O) groups is 2. The summed E-state index contributed by atoms with van der Waals surface area (Å²) in [7, 11) is 0. The van der Waals surface area contributed by atoms with Gasteiger partial charge in [-0.1, -0.05) is 22.0 Å². The van der Waals surface area contributed by atoms with Crippen molar-refractivity contribution in [3.05, 3.63) is 28.2 Å². The average Bonchev–Trinajstić information content (AvgIpc) is 3.34. The molecule has 2 heterocycles. The summed E-state index contributed by atoms with van der Waals surface area (Å²) >= 11 is 3.46. The maximum atomic E-state index is 12.6. The topological polar surface area (TPSA) is 49.4 Å². The molecular formula is C17H17BrN2O2. The van der Waals surface area contributed by atoms with Crippen LogP contribution in [0, 0.1) is 11.3 Å². The second-order valence-corrected chi connectivity index (χ2v) is 8.20. The van der Waals surface area contributed by atoms with Crippen LogP contribution in [-0.4, -0.2) is 29.8 Å². The third-order valence-corrected chi connectivity index (χ3v) is 6.69. The lowest BCUT2D eigenvalue weighted by atomic mass is 9.73. The number of hydrogen-bond donors (Lipinski definition) is 1. The maximum absolute atomic E-state index is 12.6. The van der Waals surface area contributed by atoms with Gasteiger partial charge in [-0.2, -0.15) is 0 Å². The zero-order valence-electron chi connectivity index (χ0n) is 12.2. The zero-order chi connectivity index (χ0) is 15.1. The summed E-state index contributed by atoms with van der Waals surface area (Å²) in [6.07, 6.45) is 3.68. The van der Waals surface area contributed by atoms with E-state index >= 15 is 0 Å². The third-order valence-electron chi connectivity index (χ3n) is 6.19. The van der Waals surface area contributed by atoms with Gasteiger partial charge in [-0.15, -0.1) is 0 Å². The molecule has 1 aromatic carbocycles. The van der Waals surface area contributed by atoms with Crippen LogP contribution >= 0.6 is 15.9 Å². The molecule has 2 saturated carbocycles. The summed E-state index contributed by atoms with van der Waals surface area (Å²) in [4.78, 5) is 27.1. The van der Waals surface area contributed by atoms with Crippen molar-refractivity contribution >= 4 is 33.4 Å². The third kappa shape index (κ3) is 1.53. The van der Waals surface area contributed by atoms with Crippen molar-refractivity contribution in [2.45, 2.75) is 31.1 Å². The molecule has 5 rings (SSSR count). The Hall–Kier alpha value is -1.36. The van der Waals surface area contributed by atoms with Crippen molar-refractivity contribution in [2.24, 2.45) is 11.3 Å². The van der Waals surface area contributed by atoms with Crippen molar-refractivity contribution < 1.29 is 9.59 Å². The van der Waals surface area contributed by atoms with E-state index in [1.165, 1.54) is 0 Å². The van der Waals surface area contributed by atoms with Crippen molar-refractivity contribution in [3.8, 4) is 0 Å². The first-order chi connectivity index (χ1) is 10.6. The lowest BCUT2D eigenvalue weighted by Crippen LogP contribution is -2.49. The molecule has 2 aliphatic carbocycles. The molecule has 4 nitrogen and oxygen atoms in total. The van der Waals surface area contributed by atoms with Crippen LogP contribution in [0.4, 0.5) is 5.69 Å². The van der Waals surface area contributed by atoms with Crippen LogP contribution in [0.25, 0.3) is 0 Å². The highest BCUT2D eigenvalue weighted by molar-refractivity contribution is 9.10. The molecule has 0 unspecified atom stereocenters. The second-order valence-electron chi connectivity index (χ2n) is 7.28. The number of piperidine rings is 1. The molecule has 1 saturated heterocycles. The number of hydrogen-bond acceptors (Lipinski definition) is 2. The fourth-order valence-corrected chi connectivity index (χ4v) is 4.72. The highest BCUT2D eigenvalue weighted by atomic mass is 79.9. The predicted octanol–water partition coefficient (Wildman–Crippen LogP) is 2.67. The summed E-state index contributed by atoms with van der Waals surface area (Å²) in [6.45, 7) is 1.41. The number of nitrogens with zero attached hydrogens (tertiary/aromatic N) is 1. The van der Waals surface area contributed by atoms with Gasteiger partial charge in [0.05, 0.1) is 10.8 Å². The highest BCUT2D eigenvalue weighted by Gasteiger charge is 2.75. The van der Waals surface area contributed by atoms with Gasteiger partial charge in [0.1, 0.15) is 0 Å². The Labute approximate surface area is 137 Å². The molecule has 1 N–H and O–H groups in total. The van der Waals surface area contributed by atoms with E-state index in [4.69, 9.17) is 0 Å². The number of amides is 2. The van der Waals surface area contributed by atoms with Crippen molar-refractivity contribution in [1.82, 2.24) is 4.90 Å². The van der Waals surface area contributed by atoms with Gasteiger partial charge < -0.3 is 10.2 Å². The number of rotatable bonds is 1. The zero-order valence-corrected chi connectivity index (χ0v) is 13.8. The monoisotopic (exact) mass is 360 g/mol. The number of carbonyl (C=O) groups excluding carboxylic acids is 2. The Balaban J connectivity index is 1.41. The lowest BCUT2D eigenvalue weighted by Gasteiger charge is -2.38. The summed E-state index contributed by atoms with van der Waals surface area (Å²) < 4.78 is 0.976. The van der Waals surface area contributed by atoms with Crippen molar-refractivity contribution in [1.29, 1.82) is 0 Å². The molecule has 3 fully saturated rings. The molecule has 0 atom stereocenters. The molecule has 5 heteroatoms. The predicted molar refractivity (Wildman–Crippen MR) is 85.4 cm³/mol. The molecule has 2 amide bonds. The Bertz CT molecular complexity index is 715. The van der Waals surface area contributed by atoms with Gasteiger partial charge in [-0.25, -0.2) is 0 Å². The van der Waals surface area contributed by atoms with E-state index < -0.39 is 5.41 Å². The fraction of sp³-hybridized carbons (Fsp3) is 0.529. The van der Waals surface area contributed by atoms with E-state index in [1.807, 2.05) is 23.1 Å². The molecular weight excluding hydrogens is 344 g/mol. The highest BCUT2D eigenvalue weighted by Crippen LogP contribution is 2.76. The smallest absolute Gasteiger partial charge is 0.235 e. The van der Waals surface area contributed by atoms with E-state index in [2.05, 4.69) is 21.2 Å². The Morgan fingerprint density at radius 1 is 1.27 bits per heavy atom. The molecule has 1 spiro atoms. The number of nitrogens with one attached hydrogen (secondary N) is 1. The number of anilines is 1. The number of halogens is 1. The average molecular weight is 361 g/mol. The SMILES string of the molecule is O=C1Nc2cc(Br)ccc2C12CCN(C(=O)C13CC1C3)CC2. The number of benzene rings is 1. The van der Waals surface area contributed by atoms with Crippen LogP contribution in [0.1, 0.15) is 31.2 Å². The van der Waals surface area contributed by atoms with Crippen LogP contribution in [0.2, 0.25) is 0 Å². The van der Waals surface area contributed by atoms with E-state index in [1.54, 1.807) is 0 Å². The van der Waals surface area contributed by atoms with Crippen LogP contribution < -0.4 is 5.32 Å². The lowest BCUT2D eigenvalue weighted by molar-refractivity contribution is -0.138. The van der Waals surface area contributed by atoms with Gasteiger partial charge in [-0.05, 0) is 49.3 Å². The molecule has 114 valence electrons. The largest absolute Gasteiger partial charge is 0.342 e. The molecule has 4 aliphatic rings. The Morgan fingerprint density at radius 3 is 2.59 bits per heavy atom. The molecule has 22 heavy (non-hydrogen) atoms. The molecule has 0 bridgehead atoms. The fourth-order valence-electron chi connectivity index (χ4n) is 4.36. The Kier molecular flexibility index (Phi) is 2.35. The minimum Gasteiger partial charge on any atom is -0.342 e. The van der Waals surface area contributed by atoms with Crippen LogP contribution in [0.15, 0.2) is 22.7 Å². The normalized spacial score (nSPS) is 33.2. The minimum absolute atomic E-state index is 0.0468. The van der Waals surface area contributed by atoms with Gasteiger partial charge in [-0.3, -0.25) is 9.59 Å². The standard InChI is InChI=1S/C17H17BrN2O2/c18-11-1-2-12-13(7-11)19-14(21)16(12)3-5-20(6-4-16)15(22)17-8-10(17)9-17/h1-2,7,10H,3-6,8-9H2,(H,19,21). The van der Waals surface area contributed by atoms with Crippen molar-refractivity contribution in [2.75, 3.05) is 18.4 Å². The summed E-state index contributed by atoms with van der Waals surface area (Å²) in [5.74, 6) is 1.13. The molecule has 2 aliphatic heterocycles. The Morgan fingerprint density at radius 2 is 1.95 bits per heavy atom. The van der Waals surface area contributed by atoms with E-state index in [0.29, 0.717) is 24.9 Å². The van der Waals surface area contributed by atoms with Crippen LogP contribution in [0.3, 0.4) is 0 Å². The van der Waals surface area contributed by atoms with Gasteiger partial charge >= 0.3 is 0 Å². The summed E-state index contributed by atoms with van der Waals surface area (Å²) in [6, 6.07) is 6.01. The first kappa shape index (κ1) is 13.1. The van der Waals surface area contributed by atoms with Gasteiger partial charge in [0.25, 0.3) is 0 Å². The van der Waals surface area contributed by atoms with E-state index in [0.717, 1.165) is 41.4 Å². The first-order valence-electron chi connectivity index (χ1n) is 7.96. The van der Waals surface area contributed by atoms with Crippen LogP contribution in [-0.2, 0) is 15.0 Å². The summed E-state index contributed by atoms with van der Waals surface area (Å²) in [5.41, 5.74) is 1.63. The molecule has 0 aromatic heterocycles. The van der Waals surface area contributed by atoms with Gasteiger partial charge in [0.15, 0.2) is 0 Å². The minimum atomic E-state index is -0.434. The number of likely N-dealkylation sites (tertiary alicyclic amines) is 1.